The molecule has 2 aromatic heterocycles. The fourth-order valence-corrected chi connectivity index (χ4v) is 4.21. The molecule has 0 N–H and O–H groups in total. The lowest BCUT2D eigenvalue weighted by Gasteiger charge is -2.10. The SMILES string of the molecule is Cc1ccc(-n2c(SCc3nnc(Cc4ccccc4)o3)nnc2-c2ccccc2F)cc1. The third-order valence-corrected chi connectivity index (χ3v) is 5.99. The van der Waals surface area contributed by atoms with E-state index in [0.29, 0.717) is 40.5 Å². The summed E-state index contributed by atoms with van der Waals surface area (Å²) in [6.07, 6.45) is 0.579. The predicted octanol–water partition coefficient (Wildman–Crippen LogP) is 5.65. The normalized spacial score (nSPS) is 11.1. The quantitative estimate of drug-likeness (QED) is 0.294. The lowest BCUT2D eigenvalue weighted by molar-refractivity contribution is 0.474. The van der Waals surface area contributed by atoms with Gasteiger partial charge in [0.25, 0.3) is 0 Å². The number of aromatic nitrogens is 5. The molecule has 0 amide bonds. The number of halogens is 1. The maximum atomic E-state index is 14.6. The van der Waals surface area contributed by atoms with Gasteiger partial charge in [-0.25, -0.2) is 4.39 Å². The number of rotatable bonds is 7. The van der Waals surface area contributed by atoms with Gasteiger partial charge in [0.05, 0.1) is 17.7 Å². The molecular formula is C25H20FN5OS. The van der Waals surface area contributed by atoms with Gasteiger partial charge in [-0.05, 0) is 36.8 Å². The molecule has 5 aromatic rings. The van der Waals surface area contributed by atoms with Gasteiger partial charge in [0.1, 0.15) is 5.82 Å². The summed E-state index contributed by atoms with van der Waals surface area (Å²) in [5, 5.41) is 17.6. The Balaban J connectivity index is 1.42. The summed E-state index contributed by atoms with van der Waals surface area (Å²) in [5.74, 6) is 1.57. The molecule has 0 radical (unpaired) electrons. The molecule has 164 valence electrons. The highest BCUT2D eigenvalue weighted by atomic mass is 32.2. The van der Waals surface area contributed by atoms with Gasteiger partial charge in [-0.1, -0.05) is 71.9 Å². The van der Waals surface area contributed by atoms with E-state index in [4.69, 9.17) is 4.42 Å². The first-order valence-corrected chi connectivity index (χ1v) is 11.4. The summed E-state index contributed by atoms with van der Waals surface area (Å²) in [4.78, 5) is 0. The van der Waals surface area contributed by atoms with Crippen molar-refractivity contribution in [3.05, 3.63) is 108 Å². The lowest BCUT2D eigenvalue weighted by atomic mass is 10.2. The zero-order valence-electron chi connectivity index (χ0n) is 17.9. The van der Waals surface area contributed by atoms with Crippen molar-refractivity contribution < 1.29 is 8.81 Å². The first-order valence-electron chi connectivity index (χ1n) is 10.4. The van der Waals surface area contributed by atoms with Crippen LogP contribution in [0.4, 0.5) is 4.39 Å². The second-order valence-corrected chi connectivity index (χ2v) is 8.44. The van der Waals surface area contributed by atoms with Crippen molar-refractivity contribution in [2.75, 3.05) is 0 Å². The summed E-state index contributed by atoms with van der Waals surface area (Å²) in [7, 11) is 0. The molecule has 0 unspecified atom stereocenters. The topological polar surface area (TPSA) is 69.6 Å². The van der Waals surface area contributed by atoms with E-state index in [2.05, 4.69) is 20.4 Å². The van der Waals surface area contributed by atoms with Crippen molar-refractivity contribution in [2.45, 2.75) is 24.3 Å². The van der Waals surface area contributed by atoms with Gasteiger partial charge in [-0.15, -0.1) is 20.4 Å². The molecule has 0 aliphatic heterocycles. The zero-order valence-corrected chi connectivity index (χ0v) is 18.7. The van der Waals surface area contributed by atoms with Crippen molar-refractivity contribution >= 4 is 11.8 Å². The lowest BCUT2D eigenvalue weighted by Crippen LogP contribution is -2.01. The smallest absolute Gasteiger partial charge is 0.226 e. The number of hydrogen-bond donors (Lipinski definition) is 0. The number of benzene rings is 3. The summed E-state index contributed by atoms with van der Waals surface area (Å²) in [6.45, 7) is 2.02. The van der Waals surface area contributed by atoms with Crippen LogP contribution in [0.3, 0.4) is 0 Å². The minimum absolute atomic E-state index is 0.350. The van der Waals surface area contributed by atoms with Crippen LogP contribution in [0, 0.1) is 12.7 Å². The van der Waals surface area contributed by atoms with E-state index in [1.807, 2.05) is 66.1 Å². The van der Waals surface area contributed by atoms with Crippen LogP contribution in [0.5, 0.6) is 0 Å². The van der Waals surface area contributed by atoms with Gasteiger partial charge in [0.15, 0.2) is 11.0 Å². The van der Waals surface area contributed by atoms with Crippen LogP contribution in [0.25, 0.3) is 17.1 Å². The fourth-order valence-electron chi connectivity index (χ4n) is 3.42. The maximum absolute atomic E-state index is 14.6. The van der Waals surface area contributed by atoms with Gasteiger partial charge in [0, 0.05) is 5.69 Å². The molecule has 6 nitrogen and oxygen atoms in total. The van der Waals surface area contributed by atoms with E-state index in [9.17, 15) is 4.39 Å². The highest BCUT2D eigenvalue weighted by Gasteiger charge is 2.19. The zero-order chi connectivity index (χ0) is 22.6. The Labute approximate surface area is 194 Å². The molecule has 2 heterocycles. The maximum Gasteiger partial charge on any atom is 0.226 e. The van der Waals surface area contributed by atoms with Crippen LogP contribution in [0.1, 0.15) is 22.9 Å². The van der Waals surface area contributed by atoms with Crippen LogP contribution in [-0.4, -0.2) is 25.0 Å². The Morgan fingerprint density at radius 2 is 1.55 bits per heavy atom. The van der Waals surface area contributed by atoms with Crippen LogP contribution in [-0.2, 0) is 12.2 Å². The first-order chi connectivity index (χ1) is 16.2. The van der Waals surface area contributed by atoms with E-state index in [1.165, 1.54) is 17.8 Å². The van der Waals surface area contributed by atoms with Crippen LogP contribution in [0.15, 0.2) is 88.4 Å². The van der Waals surface area contributed by atoms with Crippen molar-refractivity contribution in [1.29, 1.82) is 0 Å². The predicted molar refractivity (Wildman–Crippen MR) is 125 cm³/mol. The van der Waals surface area contributed by atoms with Gasteiger partial charge < -0.3 is 4.42 Å². The second kappa shape index (κ2) is 9.38. The molecular weight excluding hydrogens is 437 g/mol. The van der Waals surface area contributed by atoms with Crippen LogP contribution >= 0.6 is 11.8 Å². The Morgan fingerprint density at radius 3 is 2.33 bits per heavy atom. The molecule has 33 heavy (non-hydrogen) atoms. The monoisotopic (exact) mass is 457 g/mol. The van der Waals surface area contributed by atoms with E-state index in [1.54, 1.807) is 18.2 Å². The molecule has 8 heteroatoms. The fraction of sp³-hybridized carbons (Fsp3) is 0.120. The van der Waals surface area contributed by atoms with Crippen LogP contribution in [0.2, 0.25) is 0 Å². The molecule has 0 atom stereocenters. The third kappa shape index (κ3) is 4.70. The Bertz CT molecular complexity index is 1370. The second-order valence-electron chi connectivity index (χ2n) is 7.50. The van der Waals surface area contributed by atoms with Gasteiger partial charge >= 0.3 is 0 Å². The molecule has 3 aromatic carbocycles. The largest absolute Gasteiger partial charge is 0.424 e. The first kappa shape index (κ1) is 21.1. The van der Waals surface area contributed by atoms with Gasteiger partial charge in [-0.2, -0.15) is 0 Å². The van der Waals surface area contributed by atoms with Crippen LogP contribution < -0.4 is 0 Å². The van der Waals surface area contributed by atoms with Gasteiger partial charge in [-0.3, -0.25) is 4.57 Å². The van der Waals surface area contributed by atoms with Crippen molar-refractivity contribution in [1.82, 2.24) is 25.0 Å². The number of aryl methyl sites for hydroxylation is 1. The molecule has 0 saturated carbocycles. The van der Waals surface area contributed by atoms with E-state index >= 15 is 0 Å². The Hall–Kier alpha value is -3.78. The summed E-state index contributed by atoms with van der Waals surface area (Å²) >= 11 is 1.41. The standard InChI is InChI=1S/C25H20FN5OS/c1-17-11-13-19(14-12-17)31-24(20-9-5-6-10-21(20)26)29-30-25(31)33-16-23-28-27-22(32-23)15-18-7-3-2-4-8-18/h2-14H,15-16H2,1H3. The van der Waals surface area contributed by atoms with E-state index < -0.39 is 0 Å². The molecule has 0 bridgehead atoms. The third-order valence-electron chi connectivity index (χ3n) is 5.07. The molecule has 0 spiro atoms. The average Bonchev–Trinajstić information content (AvgIpc) is 3.46. The molecule has 0 saturated heterocycles. The highest BCUT2D eigenvalue weighted by Crippen LogP contribution is 2.31. The summed E-state index contributed by atoms with van der Waals surface area (Å²) in [5.41, 5.74) is 3.47. The summed E-state index contributed by atoms with van der Waals surface area (Å²) < 4.78 is 22.2. The highest BCUT2D eigenvalue weighted by molar-refractivity contribution is 7.98. The van der Waals surface area contributed by atoms with Crippen molar-refractivity contribution in [3.63, 3.8) is 0 Å². The molecule has 0 aliphatic carbocycles. The van der Waals surface area contributed by atoms with E-state index in [0.717, 1.165) is 16.8 Å². The number of thioether (sulfide) groups is 1. The Kier molecular flexibility index (Phi) is 5.99. The number of hydrogen-bond acceptors (Lipinski definition) is 6. The van der Waals surface area contributed by atoms with Crippen molar-refractivity contribution in [3.8, 4) is 17.1 Å². The minimum Gasteiger partial charge on any atom is -0.424 e. The molecule has 0 aliphatic rings. The summed E-state index contributed by atoms with van der Waals surface area (Å²) in [6, 6.07) is 24.5. The van der Waals surface area contributed by atoms with E-state index in [-0.39, 0.29) is 5.82 Å². The average molecular weight is 458 g/mol. The molecule has 5 rings (SSSR count). The number of nitrogens with zero attached hydrogens (tertiary/aromatic N) is 5. The Morgan fingerprint density at radius 1 is 0.818 bits per heavy atom. The molecule has 0 fully saturated rings. The minimum atomic E-state index is -0.350. The van der Waals surface area contributed by atoms with Crippen molar-refractivity contribution in [2.24, 2.45) is 0 Å². The van der Waals surface area contributed by atoms with Gasteiger partial charge in [0.2, 0.25) is 11.8 Å².